The van der Waals surface area contributed by atoms with E-state index in [4.69, 9.17) is 9.47 Å². The van der Waals surface area contributed by atoms with E-state index in [1.54, 1.807) is 7.11 Å². The Morgan fingerprint density at radius 1 is 1.31 bits per heavy atom. The van der Waals surface area contributed by atoms with E-state index in [0.29, 0.717) is 0 Å². The van der Waals surface area contributed by atoms with Crippen LogP contribution in [-0.2, 0) is 6.42 Å². The first-order valence-electron chi connectivity index (χ1n) is 4.70. The summed E-state index contributed by atoms with van der Waals surface area (Å²) < 4.78 is 10.8. The molecule has 1 aliphatic heterocycles. The van der Waals surface area contributed by atoms with Gasteiger partial charge in [-0.3, -0.25) is 0 Å². The lowest BCUT2D eigenvalue weighted by atomic mass is 10.1. The van der Waals surface area contributed by atoms with Gasteiger partial charge in [-0.25, -0.2) is 0 Å². The normalized spacial score (nSPS) is 15.5. The average molecular weight is 178 g/mol. The summed E-state index contributed by atoms with van der Waals surface area (Å²) >= 11 is 0. The standard InChI is InChI=1S/C11H14O2/c1-12-10-6-5-9-4-2-3-7-13-11(9)8-10/h5-6,8H,2-4,7H2,1H3. The Balaban J connectivity index is 2.32. The third-order valence-electron chi connectivity index (χ3n) is 2.37. The molecular formula is C11H14O2. The highest BCUT2D eigenvalue weighted by Gasteiger charge is 2.09. The lowest BCUT2D eigenvalue weighted by molar-refractivity contribution is 0.314. The first-order chi connectivity index (χ1) is 6.40. The molecule has 0 unspecified atom stereocenters. The molecule has 1 aliphatic rings. The van der Waals surface area contributed by atoms with Crippen molar-refractivity contribution >= 4 is 0 Å². The van der Waals surface area contributed by atoms with Crippen molar-refractivity contribution in [1.82, 2.24) is 0 Å². The largest absolute Gasteiger partial charge is 0.497 e. The average Bonchev–Trinajstić information content (AvgIpc) is 2.41. The van der Waals surface area contributed by atoms with E-state index in [1.165, 1.54) is 12.0 Å². The van der Waals surface area contributed by atoms with E-state index >= 15 is 0 Å². The Labute approximate surface area is 78.5 Å². The smallest absolute Gasteiger partial charge is 0.126 e. The van der Waals surface area contributed by atoms with Crippen molar-refractivity contribution in [1.29, 1.82) is 0 Å². The lowest BCUT2D eigenvalue weighted by Gasteiger charge is -2.08. The highest BCUT2D eigenvalue weighted by Crippen LogP contribution is 2.28. The molecule has 0 amide bonds. The summed E-state index contributed by atoms with van der Waals surface area (Å²) in [4.78, 5) is 0. The van der Waals surface area contributed by atoms with Crippen LogP contribution in [0.15, 0.2) is 18.2 Å². The van der Waals surface area contributed by atoms with Gasteiger partial charge in [-0.2, -0.15) is 0 Å². The summed E-state index contributed by atoms with van der Waals surface area (Å²) in [6, 6.07) is 6.06. The van der Waals surface area contributed by atoms with E-state index in [9.17, 15) is 0 Å². The van der Waals surface area contributed by atoms with Gasteiger partial charge in [0.05, 0.1) is 13.7 Å². The van der Waals surface area contributed by atoms with Gasteiger partial charge in [-0.15, -0.1) is 0 Å². The van der Waals surface area contributed by atoms with Gasteiger partial charge in [-0.05, 0) is 30.9 Å². The van der Waals surface area contributed by atoms with Gasteiger partial charge < -0.3 is 9.47 Å². The van der Waals surface area contributed by atoms with Gasteiger partial charge in [0, 0.05) is 6.07 Å². The summed E-state index contributed by atoms with van der Waals surface area (Å²) in [7, 11) is 1.68. The predicted octanol–water partition coefficient (Wildman–Crippen LogP) is 2.41. The Morgan fingerprint density at radius 3 is 3.08 bits per heavy atom. The second-order valence-corrected chi connectivity index (χ2v) is 3.28. The molecule has 0 saturated heterocycles. The molecule has 0 aliphatic carbocycles. The maximum Gasteiger partial charge on any atom is 0.126 e. The summed E-state index contributed by atoms with van der Waals surface area (Å²) in [5, 5.41) is 0. The van der Waals surface area contributed by atoms with Gasteiger partial charge >= 0.3 is 0 Å². The van der Waals surface area contributed by atoms with Crippen LogP contribution in [0.1, 0.15) is 18.4 Å². The van der Waals surface area contributed by atoms with Crippen LogP contribution in [0.3, 0.4) is 0 Å². The number of benzene rings is 1. The van der Waals surface area contributed by atoms with Gasteiger partial charge in [0.2, 0.25) is 0 Å². The zero-order valence-corrected chi connectivity index (χ0v) is 7.88. The molecule has 0 spiro atoms. The summed E-state index contributed by atoms with van der Waals surface area (Å²) in [5.41, 5.74) is 1.30. The molecule has 2 rings (SSSR count). The second kappa shape index (κ2) is 3.69. The quantitative estimate of drug-likeness (QED) is 0.657. The summed E-state index contributed by atoms with van der Waals surface area (Å²) in [6.45, 7) is 0.833. The Bertz CT molecular complexity index is 294. The molecule has 0 fully saturated rings. The number of fused-ring (bicyclic) bond motifs is 1. The van der Waals surface area contributed by atoms with Crippen LogP contribution in [0.2, 0.25) is 0 Å². The molecule has 0 radical (unpaired) electrons. The second-order valence-electron chi connectivity index (χ2n) is 3.28. The van der Waals surface area contributed by atoms with Crippen LogP contribution >= 0.6 is 0 Å². The molecule has 2 nitrogen and oxygen atoms in total. The Kier molecular flexibility index (Phi) is 2.39. The molecule has 2 heteroatoms. The Morgan fingerprint density at radius 2 is 2.23 bits per heavy atom. The molecule has 70 valence electrons. The summed E-state index contributed by atoms with van der Waals surface area (Å²) in [6.07, 6.45) is 3.50. The maximum atomic E-state index is 5.61. The SMILES string of the molecule is COc1ccc2c(c1)OCCCC2. The molecule has 13 heavy (non-hydrogen) atoms. The van der Waals surface area contributed by atoms with E-state index in [2.05, 4.69) is 6.07 Å². The van der Waals surface area contributed by atoms with Gasteiger partial charge in [0.1, 0.15) is 11.5 Å². The third-order valence-corrected chi connectivity index (χ3v) is 2.37. The van der Waals surface area contributed by atoms with Crippen molar-refractivity contribution in [3.63, 3.8) is 0 Å². The molecule has 1 aromatic rings. The van der Waals surface area contributed by atoms with Crippen LogP contribution in [0, 0.1) is 0 Å². The third kappa shape index (κ3) is 1.77. The van der Waals surface area contributed by atoms with Crippen molar-refractivity contribution in [2.45, 2.75) is 19.3 Å². The van der Waals surface area contributed by atoms with E-state index in [1.807, 2.05) is 12.1 Å². The van der Waals surface area contributed by atoms with Crippen LogP contribution in [0.4, 0.5) is 0 Å². The molecule has 0 aromatic heterocycles. The van der Waals surface area contributed by atoms with Crippen molar-refractivity contribution < 1.29 is 9.47 Å². The van der Waals surface area contributed by atoms with E-state index in [-0.39, 0.29) is 0 Å². The molecular weight excluding hydrogens is 164 g/mol. The van der Waals surface area contributed by atoms with Crippen LogP contribution < -0.4 is 9.47 Å². The first-order valence-corrected chi connectivity index (χ1v) is 4.70. The molecule has 0 N–H and O–H groups in total. The highest BCUT2D eigenvalue weighted by molar-refractivity contribution is 5.41. The maximum absolute atomic E-state index is 5.61. The zero-order chi connectivity index (χ0) is 9.10. The van der Waals surface area contributed by atoms with Crippen LogP contribution in [0.5, 0.6) is 11.5 Å². The molecule has 1 aromatic carbocycles. The molecule has 0 atom stereocenters. The van der Waals surface area contributed by atoms with Crippen LogP contribution in [0.25, 0.3) is 0 Å². The van der Waals surface area contributed by atoms with E-state index < -0.39 is 0 Å². The molecule has 0 saturated carbocycles. The number of hydrogen-bond donors (Lipinski definition) is 0. The minimum atomic E-state index is 0.833. The van der Waals surface area contributed by atoms with E-state index in [0.717, 1.165) is 30.9 Å². The van der Waals surface area contributed by atoms with Crippen molar-refractivity contribution in [3.05, 3.63) is 23.8 Å². The minimum absolute atomic E-state index is 0.833. The fourth-order valence-electron chi connectivity index (χ4n) is 1.60. The fraction of sp³-hybridized carbons (Fsp3) is 0.455. The number of hydrogen-bond acceptors (Lipinski definition) is 2. The van der Waals surface area contributed by atoms with Crippen molar-refractivity contribution in [3.8, 4) is 11.5 Å². The van der Waals surface area contributed by atoms with Crippen LogP contribution in [-0.4, -0.2) is 13.7 Å². The van der Waals surface area contributed by atoms with Gasteiger partial charge in [0.15, 0.2) is 0 Å². The zero-order valence-electron chi connectivity index (χ0n) is 7.88. The summed E-state index contributed by atoms with van der Waals surface area (Å²) in [5.74, 6) is 1.87. The van der Waals surface area contributed by atoms with Crippen molar-refractivity contribution in [2.75, 3.05) is 13.7 Å². The Hall–Kier alpha value is -1.18. The van der Waals surface area contributed by atoms with Gasteiger partial charge in [-0.1, -0.05) is 6.07 Å². The highest BCUT2D eigenvalue weighted by atomic mass is 16.5. The number of aryl methyl sites for hydroxylation is 1. The van der Waals surface area contributed by atoms with Crippen molar-refractivity contribution in [2.24, 2.45) is 0 Å². The molecule has 1 heterocycles. The number of methoxy groups -OCH3 is 1. The first kappa shape index (κ1) is 8.42. The lowest BCUT2D eigenvalue weighted by Crippen LogP contribution is -1.95. The molecule has 0 bridgehead atoms. The van der Waals surface area contributed by atoms with Gasteiger partial charge in [0.25, 0.3) is 0 Å². The topological polar surface area (TPSA) is 18.5 Å². The number of ether oxygens (including phenoxy) is 2. The monoisotopic (exact) mass is 178 g/mol. The number of rotatable bonds is 1. The predicted molar refractivity (Wildman–Crippen MR) is 51.4 cm³/mol. The fourth-order valence-corrected chi connectivity index (χ4v) is 1.60. The minimum Gasteiger partial charge on any atom is -0.497 e.